The molecule has 0 bridgehead atoms. The van der Waals surface area contributed by atoms with Crippen LogP contribution in [0.5, 0.6) is 0 Å². The van der Waals surface area contributed by atoms with Crippen molar-refractivity contribution < 1.29 is 18.8 Å². The van der Waals surface area contributed by atoms with Gasteiger partial charge in [-0.3, -0.25) is 14.4 Å². The Morgan fingerprint density at radius 3 is 2.33 bits per heavy atom. The van der Waals surface area contributed by atoms with Crippen molar-refractivity contribution in [2.75, 3.05) is 10.2 Å². The lowest BCUT2D eigenvalue weighted by Crippen LogP contribution is -2.29. The first-order valence-electron chi connectivity index (χ1n) is 7.90. The summed E-state index contributed by atoms with van der Waals surface area (Å²) in [7, 11) is 0. The fourth-order valence-electron chi connectivity index (χ4n) is 2.71. The van der Waals surface area contributed by atoms with Crippen molar-refractivity contribution in [3.8, 4) is 0 Å². The Hall–Kier alpha value is -3.94. The summed E-state index contributed by atoms with van der Waals surface area (Å²) in [6.45, 7) is 0. The lowest BCUT2D eigenvalue weighted by atomic mass is 10.1. The van der Waals surface area contributed by atoms with Gasteiger partial charge in [-0.15, -0.1) is 0 Å². The Bertz CT molecular complexity index is 1030. The van der Waals surface area contributed by atoms with Crippen LogP contribution in [0.3, 0.4) is 0 Å². The summed E-state index contributed by atoms with van der Waals surface area (Å²) in [4.78, 5) is 45.7. The number of carbonyl (C=O) groups is 3. The van der Waals surface area contributed by atoms with Crippen LogP contribution in [0.1, 0.15) is 31.2 Å². The number of fused-ring (bicyclic) bond motifs is 1. The van der Waals surface area contributed by atoms with Crippen molar-refractivity contribution in [2.24, 2.45) is 0 Å². The molecule has 1 aromatic heterocycles. The predicted octanol–water partition coefficient (Wildman–Crippen LogP) is 2.67. The van der Waals surface area contributed by atoms with Gasteiger partial charge in [0, 0.05) is 17.4 Å². The summed E-state index contributed by atoms with van der Waals surface area (Å²) >= 11 is 0. The molecule has 0 saturated heterocycles. The smallest absolute Gasteiger partial charge is 0.284 e. The monoisotopic (exact) mass is 362 g/mol. The largest absolute Gasteiger partial charge is 0.322 e. The lowest BCUT2D eigenvalue weighted by Gasteiger charge is -2.14. The van der Waals surface area contributed by atoms with Gasteiger partial charge < -0.3 is 5.32 Å². The average molecular weight is 362 g/mol. The molecule has 4 rings (SSSR count). The molecule has 1 aliphatic rings. The Morgan fingerprint density at radius 2 is 1.67 bits per heavy atom. The molecule has 0 unspecified atom stereocenters. The first-order chi connectivity index (χ1) is 13.0. The number of hydrogen-bond acceptors (Lipinski definition) is 5. The molecular weight excluding hydrogens is 351 g/mol. The van der Waals surface area contributed by atoms with Gasteiger partial charge >= 0.3 is 0 Å². The number of nitrogens with one attached hydrogen (secondary N) is 1. The van der Waals surface area contributed by atoms with Gasteiger partial charge in [-0.25, -0.2) is 19.3 Å². The molecule has 0 radical (unpaired) electrons. The zero-order chi connectivity index (χ0) is 19.0. The van der Waals surface area contributed by atoms with Crippen LogP contribution in [0.2, 0.25) is 0 Å². The predicted molar refractivity (Wildman–Crippen MR) is 94.0 cm³/mol. The molecule has 0 saturated carbocycles. The lowest BCUT2D eigenvalue weighted by molar-refractivity contribution is 0.0924. The van der Waals surface area contributed by atoms with Gasteiger partial charge in [0.2, 0.25) is 0 Å². The van der Waals surface area contributed by atoms with E-state index in [1.54, 1.807) is 0 Å². The Morgan fingerprint density at radius 1 is 0.963 bits per heavy atom. The molecule has 2 heterocycles. The van der Waals surface area contributed by atoms with Gasteiger partial charge in [0.05, 0.1) is 11.3 Å². The highest BCUT2D eigenvalue weighted by Crippen LogP contribution is 2.26. The first kappa shape index (κ1) is 16.5. The van der Waals surface area contributed by atoms with E-state index < -0.39 is 23.5 Å². The number of aromatic nitrogens is 2. The molecular formula is C19H11FN4O3. The number of carbonyl (C=O) groups excluding carboxylic acids is 3. The molecule has 3 amide bonds. The highest BCUT2D eigenvalue weighted by molar-refractivity contribution is 6.33. The van der Waals surface area contributed by atoms with Gasteiger partial charge in [-0.05, 0) is 48.5 Å². The third kappa shape index (κ3) is 2.93. The number of nitrogens with zero attached hydrogens (tertiary/aromatic N) is 3. The van der Waals surface area contributed by atoms with Gasteiger partial charge in [-0.1, -0.05) is 0 Å². The van der Waals surface area contributed by atoms with Crippen LogP contribution in [0.25, 0.3) is 0 Å². The second-order valence-corrected chi connectivity index (χ2v) is 5.74. The second kappa shape index (κ2) is 6.41. The van der Waals surface area contributed by atoms with E-state index in [4.69, 9.17) is 0 Å². The number of benzene rings is 2. The average Bonchev–Trinajstić information content (AvgIpc) is 2.95. The molecule has 0 atom stereocenters. The number of halogens is 1. The van der Waals surface area contributed by atoms with Crippen molar-refractivity contribution in [1.29, 1.82) is 0 Å². The van der Waals surface area contributed by atoms with Crippen molar-refractivity contribution in [1.82, 2.24) is 9.97 Å². The second-order valence-electron chi connectivity index (χ2n) is 5.74. The van der Waals surface area contributed by atoms with E-state index in [-0.39, 0.29) is 11.3 Å². The Balaban J connectivity index is 1.54. The normalized spacial score (nSPS) is 12.9. The number of amides is 3. The maximum absolute atomic E-state index is 12.9. The minimum Gasteiger partial charge on any atom is -0.322 e. The number of hydrogen-bond donors (Lipinski definition) is 1. The molecule has 0 spiro atoms. The minimum absolute atomic E-state index is 0.0492. The van der Waals surface area contributed by atoms with Crippen LogP contribution in [-0.4, -0.2) is 27.7 Å². The molecule has 2 aromatic carbocycles. The van der Waals surface area contributed by atoms with Gasteiger partial charge in [0.1, 0.15) is 17.8 Å². The summed E-state index contributed by atoms with van der Waals surface area (Å²) in [5.41, 5.74) is 1.28. The van der Waals surface area contributed by atoms with Crippen molar-refractivity contribution in [2.45, 2.75) is 0 Å². The van der Waals surface area contributed by atoms with Crippen LogP contribution in [0.4, 0.5) is 15.8 Å². The van der Waals surface area contributed by atoms with Gasteiger partial charge in [0.25, 0.3) is 17.7 Å². The van der Waals surface area contributed by atoms with Crippen LogP contribution in [0.15, 0.2) is 61.1 Å². The quantitative estimate of drug-likeness (QED) is 0.723. The summed E-state index contributed by atoms with van der Waals surface area (Å²) in [6.07, 6.45) is 2.50. The van der Waals surface area contributed by atoms with E-state index in [2.05, 4.69) is 15.3 Å². The van der Waals surface area contributed by atoms with E-state index in [9.17, 15) is 18.8 Å². The third-order valence-corrected chi connectivity index (χ3v) is 4.04. The van der Waals surface area contributed by atoms with Crippen LogP contribution >= 0.6 is 0 Å². The standard InChI is InChI=1S/C19H11FN4O3/c20-12-3-5-13(6-4-12)23-17(25)11-1-7-14(8-2-11)24-18(26)15-9-21-10-22-16(15)19(24)27/h1-10H,(H,23,25). The van der Waals surface area contributed by atoms with Crippen LogP contribution in [-0.2, 0) is 0 Å². The maximum atomic E-state index is 12.9. The summed E-state index contributed by atoms with van der Waals surface area (Å²) in [5, 5.41) is 2.63. The molecule has 7 nitrogen and oxygen atoms in total. The topological polar surface area (TPSA) is 92.3 Å². The molecule has 0 aliphatic carbocycles. The fourth-order valence-corrected chi connectivity index (χ4v) is 2.71. The number of rotatable bonds is 3. The summed E-state index contributed by atoms with van der Waals surface area (Å²) in [6, 6.07) is 11.3. The van der Waals surface area contributed by atoms with Gasteiger partial charge in [0.15, 0.2) is 0 Å². The highest BCUT2D eigenvalue weighted by Gasteiger charge is 2.38. The van der Waals surface area contributed by atoms with Gasteiger partial charge in [-0.2, -0.15) is 0 Å². The van der Waals surface area contributed by atoms with Crippen molar-refractivity contribution in [3.63, 3.8) is 0 Å². The first-order valence-corrected chi connectivity index (χ1v) is 7.90. The number of imide groups is 1. The minimum atomic E-state index is -0.541. The number of anilines is 2. The van der Waals surface area contributed by atoms with E-state index in [1.165, 1.54) is 61.1 Å². The van der Waals surface area contributed by atoms with Crippen LogP contribution in [0, 0.1) is 5.82 Å². The summed E-state index contributed by atoms with van der Waals surface area (Å²) in [5.74, 6) is -1.86. The Labute approximate surface area is 152 Å². The third-order valence-electron chi connectivity index (χ3n) is 4.04. The van der Waals surface area contributed by atoms with Crippen molar-refractivity contribution >= 4 is 29.1 Å². The molecule has 8 heteroatoms. The van der Waals surface area contributed by atoms with Crippen LogP contribution < -0.4 is 10.2 Å². The molecule has 1 aliphatic heterocycles. The van der Waals surface area contributed by atoms with E-state index in [1.807, 2.05) is 0 Å². The molecule has 3 aromatic rings. The van der Waals surface area contributed by atoms with E-state index in [0.717, 1.165) is 4.90 Å². The zero-order valence-electron chi connectivity index (χ0n) is 13.7. The summed E-state index contributed by atoms with van der Waals surface area (Å²) < 4.78 is 12.9. The molecule has 132 valence electrons. The Kier molecular flexibility index (Phi) is 3.92. The molecule has 0 fully saturated rings. The maximum Gasteiger partial charge on any atom is 0.284 e. The molecule has 27 heavy (non-hydrogen) atoms. The van der Waals surface area contributed by atoms with Crippen molar-refractivity contribution in [3.05, 3.63) is 83.7 Å². The molecule has 1 N–H and O–H groups in total. The highest BCUT2D eigenvalue weighted by atomic mass is 19.1. The van der Waals surface area contributed by atoms with E-state index >= 15 is 0 Å². The van der Waals surface area contributed by atoms with E-state index in [0.29, 0.717) is 16.9 Å². The SMILES string of the molecule is O=C(Nc1ccc(F)cc1)c1ccc(N2C(=O)c3cncnc3C2=O)cc1. The fraction of sp³-hybridized carbons (Fsp3) is 0. The zero-order valence-corrected chi connectivity index (χ0v) is 13.7.